The van der Waals surface area contributed by atoms with Gasteiger partial charge in [-0.2, -0.15) is 0 Å². The van der Waals surface area contributed by atoms with Gasteiger partial charge >= 0.3 is 0 Å². The minimum Gasteiger partial charge on any atom is -0.347 e. The minimum absolute atomic E-state index is 0.206. The molecule has 14 heavy (non-hydrogen) atoms. The molecule has 2 N–H and O–H groups in total. The van der Waals surface area contributed by atoms with Crippen LogP contribution in [0, 0.1) is 6.92 Å². The number of amides is 1. The summed E-state index contributed by atoms with van der Waals surface area (Å²) in [6, 6.07) is 0.210. The summed E-state index contributed by atoms with van der Waals surface area (Å²) in [4.78, 5) is 15.5. The molecule has 1 aromatic heterocycles. The maximum absolute atomic E-state index is 11.5. The molecule has 0 radical (unpaired) electrons. The number of nitrogens with one attached hydrogen (secondary N) is 2. The van der Waals surface area contributed by atoms with E-state index >= 15 is 0 Å². The number of carbonyl (C=O) groups is 1. The van der Waals surface area contributed by atoms with E-state index in [1.807, 2.05) is 13.8 Å². The van der Waals surface area contributed by atoms with Crippen molar-refractivity contribution in [3.8, 4) is 0 Å². The molecule has 0 spiro atoms. The zero-order valence-corrected chi connectivity index (χ0v) is 8.79. The van der Waals surface area contributed by atoms with Crippen molar-refractivity contribution in [1.29, 1.82) is 0 Å². The first-order valence-electron chi connectivity index (χ1n) is 4.87. The lowest BCUT2D eigenvalue weighted by Gasteiger charge is -2.12. The van der Waals surface area contributed by atoms with Crippen LogP contribution in [0.5, 0.6) is 0 Å². The molecule has 1 rings (SSSR count). The molecule has 0 fully saturated rings. The quantitative estimate of drug-likeness (QED) is 0.755. The number of hydrogen-bond donors (Lipinski definition) is 2. The third-order valence-electron chi connectivity index (χ3n) is 2.12. The Morgan fingerprint density at radius 1 is 1.50 bits per heavy atom. The van der Waals surface area contributed by atoms with E-state index in [9.17, 15) is 4.79 Å². The Morgan fingerprint density at radius 3 is 2.57 bits per heavy atom. The molecular formula is C9H16N4O. The molecule has 0 saturated carbocycles. The molecule has 5 nitrogen and oxygen atoms in total. The molecule has 1 heterocycles. The van der Waals surface area contributed by atoms with Crippen LogP contribution in [-0.2, 0) is 0 Å². The van der Waals surface area contributed by atoms with Gasteiger partial charge in [-0.25, -0.2) is 4.98 Å². The van der Waals surface area contributed by atoms with E-state index in [1.165, 1.54) is 0 Å². The molecular weight excluding hydrogens is 180 g/mol. The Balaban J connectivity index is 2.58. The second-order valence-electron chi connectivity index (χ2n) is 3.23. The Hall–Kier alpha value is -1.39. The van der Waals surface area contributed by atoms with E-state index in [4.69, 9.17) is 0 Å². The van der Waals surface area contributed by atoms with E-state index in [0.29, 0.717) is 5.82 Å². The Labute approximate surface area is 83.3 Å². The molecule has 1 aromatic rings. The van der Waals surface area contributed by atoms with Crippen LogP contribution in [-0.4, -0.2) is 27.1 Å². The molecule has 0 saturated heterocycles. The van der Waals surface area contributed by atoms with Gasteiger partial charge in [0.25, 0.3) is 5.91 Å². The molecule has 0 atom stereocenters. The van der Waals surface area contributed by atoms with E-state index in [0.717, 1.165) is 12.8 Å². The highest BCUT2D eigenvalue weighted by Gasteiger charge is 2.14. The maximum Gasteiger partial charge on any atom is 0.291 e. The average Bonchev–Trinajstić information content (AvgIpc) is 2.61. The maximum atomic E-state index is 11.5. The van der Waals surface area contributed by atoms with Crippen LogP contribution >= 0.6 is 0 Å². The second-order valence-corrected chi connectivity index (χ2v) is 3.23. The largest absolute Gasteiger partial charge is 0.347 e. The van der Waals surface area contributed by atoms with Crippen molar-refractivity contribution in [3.63, 3.8) is 0 Å². The average molecular weight is 196 g/mol. The van der Waals surface area contributed by atoms with Crippen LogP contribution in [0.2, 0.25) is 0 Å². The summed E-state index contributed by atoms with van der Waals surface area (Å²) in [7, 11) is 0. The van der Waals surface area contributed by atoms with E-state index in [2.05, 4.69) is 20.5 Å². The van der Waals surface area contributed by atoms with E-state index in [1.54, 1.807) is 6.92 Å². The van der Waals surface area contributed by atoms with E-state index in [-0.39, 0.29) is 17.8 Å². The predicted molar refractivity (Wildman–Crippen MR) is 53.0 cm³/mol. The number of carbonyl (C=O) groups excluding carboxylic acids is 1. The summed E-state index contributed by atoms with van der Waals surface area (Å²) < 4.78 is 0. The van der Waals surface area contributed by atoms with Crippen molar-refractivity contribution < 1.29 is 4.79 Å². The molecule has 78 valence electrons. The number of rotatable bonds is 4. The van der Waals surface area contributed by atoms with Crippen LogP contribution in [0.4, 0.5) is 0 Å². The topological polar surface area (TPSA) is 70.7 Å². The van der Waals surface area contributed by atoms with Crippen LogP contribution in [0.1, 0.15) is 43.1 Å². The van der Waals surface area contributed by atoms with Crippen molar-refractivity contribution in [3.05, 3.63) is 11.6 Å². The Morgan fingerprint density at radius 2 is 2.14 bits per heavy atom. The number of H-pyrrole nitrogens is 1. The van der Waals surface area contributed by atoms with Crippen molar-refractivity contribution >= 4 is 5.91 Å². The molecule has 0 bridgehead atoms. The molecule has 0 unspecified atom stereocenters. The van der Waals surface area contributed by atoms with Crippen LogP contribution in [0.25, 0.3) is 0 Å². The summed E-state index contributed by atoms with van der Waals surface area (Å²) >= 11 is 0. The zero-order chi connectivity index (χ0) is 10.6. The Bertz CT molecular complexity index is 304. The van der Waals surface area contributed by atoms with Gasteiger partial charge in [0.1, 0.15) is 5.82 Å². The van der Waals surface area contributed by atoms with Gasteiger partial charge in [0.05, 0.1) is 0 Å². The number of hydrogen-bond acceptors (Lipinski definition) is 3. The van der Waals surface area contributed by atoms with E-state index < -0.39 is 0 Å². The van der Waals surface area contributed by atoms with Crippen molar-refractivity contribution in [2.75, 3.05) is 0 Å². The lowest BCUT2D eigenvalue weighted by molar-refractivity contribution is 0.0924. The predicted octanol–water partition coefficient (Wildman–Crippen LogP) is 1.03. The third kappa shape index (κ3) is 2.55. The minimum atomic E-state index is -0.206. The van der Waals surface area contributed by atoms with Crippen molar-refractivity contribution in [2.24, 2.45) is 0 Å². The first-order chi connectivity index (χ1) is 6.67. The van der Waals surface area contributed by atoms with Crippen molar-refractivity contribution in [2.45, 2.75) is 39.7 Å². The summed E-state index contributed by atoms with van der Waals surface area (Å²) in [5, 5.41) is 9.29. The summed E-state index contributed by atoms with van der Waals surface area (Å²) in [5.41, 5.74) is 0. The first kappa shape index (κ1) is 10.7. The van der Waals surface area contributed by atoms with Gasteiger partial charge in [0.15, 0.2) is 0 Å². The monoisotopic (exact) mass is 196 g/mol. The lowest BCUT2D eigenvalue weighted by Crippen LogP contribution is -2.34. The molecule has 0 aliphatic carbocycles. The fourth-order valence-electron chi connectivity index (χ4n) is 1.19. The third-order valence-corrected chi connectivity index (χ3v) is 2.12. The van der Waals surface area contributed by atoms with Crippen LogP contribution < -0.4 is 5.32 Å². The van der Waals surface area contributed by atoms with Crippen LogP contribution in [0.15, 0.2) is 0 Å². The molecule has 1 amide bonds. The van der Waals surface area contributed by atoms with Gasteiger partial charge in [0, 0.05) is 6.04 Å². The zero-order valence-electron chi connectivity index (χ0n) is 8.79. The first-order valence-corrected chi connectivity index (χ1v) is 4.87. The summed E-state index contributed by atoms with van der Waals surface area (Å²) in [5.74, 6) is 0.664. The van der Waals surface area contributed by atoms with Gasteiger partial charge in [0.2, 0.25) is 5.82 Å². The smallest absolute Gasteiger partial charge is 0.291 e. The van der Waals surface area contributed by atoms with Gasteiger partial charge in [-0.1, -0.05) is 13.8 Å². The highest BCUT2D eigenvalue weighted by molar-refractivity contribution is 5.90. The van der Waals surface area contributed by atoms with Gasteiger partial charge < -0.3 is 5.32 Å². The van der Waals surface area contributed by atoms with Gasteiger partial charge in [-0.15, -0.1) is 5.10 Å². The van der Waals surface area contributed by atoms with Gasteiger partial charge in [-0.3, -0.25) is 9.89 Å². The highest BCUT2D eigenvalue weighted by atomic mass is 16.2. The number of nitrogens with zero attached hydrogens (tertiary/aromatic N) is 2. The fourth-order valence-corrected chi connectivity index (χ4v) is 1.19. The summed E-state index contributed by atoms with van der Waals surface area (Å²) in [6.45, 7) is 5.84. The number of aromatic nitrogens is 3. The molecule has 5 heteroatoms. The highest BCUT2D eigenvalue weighted by Crippen LogP contribution is 1.98. The van der Waals surface area contributed by atoms with Crippen LogP contribution in [0.3, 0.4) is 0 Å². The SMILES string of the molecule is CCC(CC)NC(=O)c1n[nH]c(C)n1. The number of aromatic amines is 1. The fraction of sp³-hybridized carbons (Fsp3) is 0.667. The lowest BCUT2D eigenvalue weighted by atomic mass is 10.2. The van der Waals surface area contributed by atoms with Crippen molar-refractivity contribution in [1.82, 2.24) is 20.5 Å². The molecule has 0 aliphatic heterocycles. The normalized spacial score (nSPS) is 10.6. The standard InChI is InChI=1S/C9H16N4O/c1-4-7(5-2)11-9(14)8-10-6(3)12-13-8/h7H,4-5H2,1-3H3,(H,11,14)(H,10,12,13). The number of aryl methyl sites for hydroxylation is 1. The Kier molecular flexibility index (Phi) is 3.62. The summed E-state index contributed by atoms with van der Waals surface area (Å²) in [6.07, 6.45) is 1.84. The molecule has 0 aromatic carbocycles. The van der Waals surface area contributed by atoms with Gasteiger partial charge in [-0.05, 0) is 19.8 Å². The second kappa shape index (κ2) is 4.74. The molecule has 0 aliphatic rings.